The zero-order valence-corrected chi connectivity index (χ0v) is 15.3. The van der Waals surface area contributed by atoms with Gasteiger partial charge in [-0.3, -0.25) is 9.59 Å². The Morgan fingerprint density at radius 1 is 1.00 bits per heavy atom. The number of ether oxygens (including phenoxy) is 1. The first-order chi connectivity index (χ1) is 13.6. The van der Waals surface area contributed by atoms with Gasteiger partial charge in [0.25, 0.3) is 11.5 Å². The molecular formula is C22H20N2O4. The second kappa shape index (κ2) is 7.68. The van der Waals surface area contributed by atoms with Crippen LogP contribution in [-0.2, 0) is 11.3 Å². The summed E-state index contributed by atoms with van der Waals surface area (Å²) in [4.78, 5) is 41.2. The van der Waals surface area contributed by atoms with Crippen LogP contribution in [0.25, 0.3) is 10.8 Å². The number of carbonyl (C=O) groups excluding carboxylic acids is 2. The van der Waals surface area contributed by atoms with Crippen molar-refractivity contribution in [2.24, 2.45) is 0 Å². The largest absolute Gasteiger partial charge is 0.456 e. The minimum Gasteiger partial charge on any atom is -0.456 e. The minimum absolute atomic E-state index is 0.0368. The third-order valence-corrected chi connectivity index (χ3v) is 4.94. The van der Waals surface area contributed by atoms with Crippen LogP contribution in [0, 0.1) is 0 Å². The van der Waals surface area contributed by atoms with Gasteiger partial charge in [0.2, 0.25) is 0 Å². The molecule has 1 saturated heterocycles. The van der Waals surface area contributed by atoms with Crippen molar-refractivity contribution in [3.8, 4) is 0 Å². The van der Waals surface area contributed by atoms with Gasteiger partial charge < -0.3 is 14.6 Å². The maximum Gasteiger partial charge on any atom is 0.355 e. The van der Waals surface area contributed by atoms with Gasteiger partial charge in [-0.15, -0.1) is 0 Å². The second-order valence-electron chi connectivity index (χ2n) is 6.87. The van der Waals surface area contributed by atoms with Crippen LogP contribution in [0.4, 0.5) is 0 Å². The molecule has 1 amide bonds. The molecule has 0 bridgehead atoms. The highest BCUT2D eigenvalue weighted by molar-refractivity contribution is 5.94. The normalized spacial score (nSPS) is 13.6. The van der Waals surface area contributed by atoms with E-state index in [0.29, 0.717) is 16.3 Å². The number of hydrogen-bond donors (Lipinski definition) is 1. The van der Waals surface area contributed by atoms with Gasteiger partial charge in [-0.25, -0.2) is 4.79 Å². The molecule has 4 rings (SSSR count). The second-order valence-corrected chi connectivity index (χ2v) is 6.87. The average Bonchev–Trinajstić information content (AvgIpc) is 3.27. The number of likely N-dealkylation sites (tertiary alicyclic amines) is 1. The van der Waals surface area contributed by atoms with Crippen LogP contribution >= 0.6 is 0 Å². The number of carbonyl (C=O) groups is 2. The Kier molecular flexibility index (Phi) is 4.93. The van der Waals surface area contributed by atoms with Crippen molar-refractivity contribution >= 4 is 22.6 Å². The third-order valence-electron chi connectivity index (χ3n) is 4.94. The van der Waals surface area contributed by atoms with Crippen molar-refractivity contribution in [2.75, 3.05) is 13.1 Å². The number of benzene rings is 2. The summed E-state index contributed by atoms with van der Waals surface area (Å²) >= 11 is 0. The van der Waals surface area contributed by atoms with Crippen LogP contribution in [0.15, 0.2) is 59.4 Å². The summed E-state index contributed by atoms with van der Waals surface area (Å²) in [6.07, 6.45) is 2.10. The molecule has 0 radical (unpaired) electrons. The van der Waals surface area contributed by atoms with E-state index in [0.717, 1.165) is 31.5 Å². The summed E-state index contributed by atoms with van der Waals surface area (Å²) in [6, 6.07) is 15.7. The van der Waals surface area contributed by atoms with Gasteiger partial charge in [0.15, 0.2) is 0 Å². The van der Waals surface area contributed by atoms with E-state index < -0.39 is 5.97 Å². The minimum atomic E-state index is -0.597. The number of nitrogens with zero attached hydrogens (tertiary/aromatic N) is 1. The summed E-state index contributed by atoms with van der Waals surface area (Å²) in [6.45, 7) is 1.68. The Labute approximate surface area is 161 Å². The first-order valence-corrected chi connectivity index (χ1v) is 9.29. The van der Waals surface area contributed by atoms with Crippen LogP contribution < -0.4 is 5.56 Å². The number of nitrogens with one attached hydrogen (secondary N) is 1. The van der Waals surface area contributed by atoms with E-state index in [4.69, 9.17) is 4.74 Å². The van der Waals surface area contributed by atoms with Crippen molar-refractivity contribution < 1.29 is 14.3 Å². The molecule has 0 aliphatic carbocycles. The molecule has 0 saturated carbocycles. The van der Waals surface area contributed by atoms with Gasteiger partial charge in [0.05, 0.1) is 0 Å². The maximum absolute atomic E-state index is 12.4. The van der Waals surface area contributed by atoms with Crippen molar-refractivity contribution in [1.82, 2.24) is 9.88 Å². The molecule has 2 aromatic carbocycles. The standard InChI is InChI=1S/C22H20N2O4/c25-20-18-6-2-1-5-17(18)13-19(23-20)22(27)28-14-15-7-9-16(10-8-15)21(26)24-11-3-4-12-24/h1-2,5-10,13H,3-4,11-12,14H2,(H,23,25). The number of aromatic amines is 1. The molecule has 1 N–H and O–H groups in total. The maximum atomic E-state index is 12.4. The number of rotatable bonds is 4. The number of amides is 1. The lowest BCUT2D eigenvalue weighted by molar-refractivity contribution is 0.0465. The fourth-order valence-electron chi connectivity index (χ4n) is 3.39. The van der Waals surface area contributed by atoms with Gasteiger partial charge in [-0.05, 0) is 48.1 Å². The van der Waals surface area contributed by atoms with Gasteiger partial charge in [0.1, 0.15) is 12.3 Å². The zero-order valence-electron chi connectivity index (χ0n) is 15.3. The number of hydrogen-bond acceptors (Lipinski definition) is 4. The summed E-state index contributed by atoms with van der Waals surface area (Å²) in [5.41, 5.74) is 1.20. The Bertz CT molecular complexity index is 1080. The molecule has 142 valence electrons. The summed E-state index contributed by atoms with van der Waals surface area (Å²) in [7, 11) is 0. The first kappa shape index (κ1) is 18.0. The van der Waals surface area contributed by atoms with E-state index in [2.05, 4.69) is 4.98 Å². The molecule has 1 fully saturated rings. The molecule has 2 heterocycles. The van der Waals surface area contributed by atoms with Crippen LogP contribution in [0.1, 0.15) is 39.3 Å². The molecule has 6 nitrogen and oxygen atoms in total. The smallest absolute Gasteiger partial charge is 0.355 e. The zero-order chi connectivity index (χ0) is 19.5. The number of pyridine rings is 1. The molecule has 1 aromatic heterocycles. The summed E-state index contributed by atoms with van der Waals surface area (Å²) in [5.74, 6) is -0.560. The molecular weight excluding hydrogens is 356 g/mol. The average molecular weight is 376 g/mol. The molecule has 0 unspecified atom stereocenters. The van der Waals surface area contributed by atoms with E-state index in [9.17, 15) is 14.4 Å². The quantitative estimate of drug-likeness (QED) is 0.710. The topological polar surface area (TPSA) is 79.5 Å². The highest BCUT2D eigenvalue weighted by Crippen LogP contribution is 2.15. The molecule has 0 spiro atoms. The fourth-order valence-corrected chi connectivity index (χ4v) is 3.39. The van der Waals surface area contributed by atoms with Gasteiger partial charge in [-0.1, -0.05) is 30.3 Å². The van der Waals surface area contributed by atoms with Gasteiger partial charge >= 0.3 is 5.97 Å². The van der Waals surface area contributed by atoms with Crippen molar-refractivity contribution in [3.63, 3.8) is 0 Å². The first-order valence-electron chi connectivity index (χ1n) is 9.29. The Morgan fingerprint density at radius 2 is 1.71 bits per heavy atom. The molecule has 6 heteroatoms. The Hall–Kier alpha value is -3.41. The number of fused-ring (bicyclic) bond motifs is 1. The van der Waals surface area contributed by atoms with E-state index in [-0.39, 0.29) is 23.8 Å². The monoisotopic (exact) mass is 376 g/mol. The molecule has 3 aromatic rings. The van der Waals surface area contributed by atoms with E-state index in [1.165, 1.54) is 0 Å². The fraction of sp³-hybridized carbons (Fsp3) is 0.227. The van der Waals surface area contributed by atoms with Gasteiger partial charge in [0, 0.05) is 24.0 Å². The molecule has 1 aliphatic rings. The van der Waals surface area contributed by atoms with Crippen molar-refractivity contribution in [2.45, 2.75) is 19.4 Å². The molecule has 1 aliphatic heterocycles. The number of H-pyrrole nitrogens is 1. The SMILES string of the molecule is O=C(OCc1ccc(C(=O)N2CCCC2)cc1)c1cc2ccccc2c(=O)[nH]1. The number of aromatic nitrogens is 1. The van der Waals surface area contributed by atoms with Crippen LogP contribution in [0.3, 0.4) is 0 Å². The summed E-state index contributed by atoms with van der Waals surface area (Å²) < 4.78 is 5.31. The third kappa shape index (κ3) is 3.67. The number of esters is 1. The molecule has 0 atom stereocenters. The van der Waals surface area contributed by atoms with Crippen LogP contribution in [0.2, 0.25) is 0 Å². The lowest BCUT2D eigenvalue weighted by Gasteiger charge is -2.15. The van der Waals surface area contributed by atoms with Crippen molar-refractivity contribution in [1.29, 1.82) is 0 Å². The van der Waals surface area contributed by atoms with Crippen LogP contribution in [0.5, 0.6) is 0 Å². The molecule has 28 heavy (non-hydrogen) atoms. The lowest BCUT2D eigenvalue weighted by atomic mass is 10.1. The van der Waals surface area contributed by atoms with E-state index in [1.54, 1.807) is 48.5 Å². The summed E-state index contributed by atoms with van der Waals surface area (Å²) in [5, 5.41) is 1.21. The van der Waals surface area contributed by atoms with Crippen LogP contribution in [-0.4, -0.2) is 34.8 Å². The highest BCUT2D eigenvalue weighted by Gasteiger charge is 2.19. The van der Waals surface area contributed by atoms with E-state index >= 15 is 0 Å². The predicted octanol–water partition coefficient (Wildman–Crippen LogP) is 3.12. The van der Waals surface area contributed by atoms with Crippen molar-refractivity contribution in [3.05, 3.63) is 81.8 Å². The Balaban J connectivity index is 1.42. The van der Waals surface area contributed by atoms with Gasteiger partial charge in [-0.2, -0.15) is 0 Å². The van der Waals surface area contributed by atoms with E-state index in [1.807, 2.05) is 11.0 Å². The Morgan fingerprint density at radius 3 is 2.46 bits per heavy atom. The predicted molar refractivity (Wildman–Crippen MR) is 105 cm³/mol. The lowest BCUT2D eigenvalue weighted by Crippen LogP contribution is -2.27. The highest BCUT2D eigenvalue weighted by atomic mass is 16.5.